The van der Waals surface area contributed by atoms with Crippen LogP contribution in [0.4, 0.5) is 0 Å². The zero-order valence-electron chi connectivity index (χ0n) is 18.2. The van der Waals surface area contributed by atoms with Gasteiger partial charge < -0.3 is 10.0 Å². The van der Waals surface area contributed by atoms with Crippen LogP contribution in [0.1, 0.15) is 37.3 Å². The number of amides is 1. The molecule has 1 aliphatic heterocycles. The van der Waals surface area contributed by atoms with Gasteiger partial charge in [0.15, 0.2) is 0 Å². The smallest absolute Gasteiger partial charge is 0.243 e. The number of hydrogen-bond donors (Lipinski definition) is 2. The van der Waals surface area contributed by atoms with E-state index in [0.29, 0.717) is 19.0 Å². The van der Waals surface area contributed by atoms with Gasteiger partial charge in [0.05, 0.1) is 11.0 Å². The van der Waals surface area contributed by atoms with Crippen LogP contribution in [0, 0.1) is 12.8 Å². The molecule has 31 heavy (non-hydrogen) atoms. The lowest BCUT2D eigenvalue weighted by Gasteiger charge is -2.35. The third-order valence-electron chi connectivity index (χ3n) is 5.97. The Morgan fingerprint density at radius 2 is 1.71 bits per heavy atom. The number of nitrogens with zero attached hydrogens (tertiary/aromatic N) is 1. The molecule has 1 heterocycles. The molecular weight excluding hydrogens is 412 g/mol. The minimum atomic E-state index is -3.91. The van der Waals surface area contributed by atoms with Gasteiger partial charge in [-0.15, -0.1) is 0 Å². The Labute approximate surface area is 185 Å². The minimum Gasteiger partial charge on any atom is -0.391 e. The van der Waals surface area contributed by atoms with Crippen LogP contribution in [0.15, 0.2) is 59.5 Å². The quantitative estimate of drug-likeness (QED) is 0.656. The molecule has 0 saturated carbocycles. The van der Waals surface area contributed by atoms with Crippen molar-refractivity contribution < 1.29 is 18.3 Å². The molecule has 2 unspecified atom stereocenters. The van der Waals surface area contributed by atoms with Crippen LogP contribution < -0.4 is 4.72 Å². The Hall–Kier alpha value is -2.22. The summed E-state index contributed by atoms with van der Waals surface area (Å²) in [6.45, 7) is 4.46. The van der Waals surface area contributed by atoms with Crippen molar-refractivity contribution >= 4 is 15.9 Å². The van der Waals surface area contributed by atoms with Crippen LogP contribution in [-0.4, -0.2) is 49.6 Å². The van der Waals surface area contributed by atoms with E-state index in [-0.39, 0.29) is 10.8 Å². The zero-order valence-corrected chi connectivity index (χ0v) is 19.0. The van der Waals surface area contributed by atoms with Gasteiger partial charge in [0.1, 0.15) is 6.04 Å². The van der Waals surface area contributed by atoms with Gasteiger partial charge in [-0.1, -0.05) is 48.0 Å². The van der Waals surface area contributed by atoms with Crippen LogP contribution >= 0.6 is 0 Å². The fourth-order valence-corrected chi connectivity index (χ4v) is 5.22. The molecule has 1 fully saturated rings. The number of carbonyl (C=O) groups is 1. The van der Waals surface area contributed by atoms with Crippen molar-refractivity contribution in [2.24, 2.45) is 5.92 Å². The van der Waals surface area contributed by atoms with Crippen molar-refractivity contribution in [2.45, 2.75) is 56.6 Å². The van der Waals surface area contributed by atoms with Gasteiger partial charge in [0.2, 0.25) is 15.9 Å². The summed E-state index contributed by atoms with van der Waals surface area (Å²) in [7, 11) is -3.91. The maximum Gasteiger partial charge on any atom is 0.243 e. The van der Waals surface area contributed by atoms with E-state index in [9.17, 15) is 18.3 Å². The number of nitrogens with one attached hydrogen (secondary N) is 1. The second-order valence-corrected chi connectivity index (χ2v) is 10.2. The summed E-state index contributed by atoms with van der Waals surface area (Å²) in [4.78, 5) is 14.8. The van der Waals surface area contributed by atoms with Gasteiger partial charge in [-0.2, -0.15) is 4.72 Å². The largest absolute Gasteiger partial charge is 0.391 e. The Balaban J connectivity index is 1.57. The van der Waals surface area contributed by atoms with Crippen molar-refractivity contribution in [3.8, 4) is 0 Å². The van der Waals surface area contributed by atoms with E-state index < -0.39 is 22.2 Å². The molecule has 2 atom stereocenters. The summed E-state index contributed by atoms with van der Waals surface area (Å²) in [6.07, 6.45) is 2.73. The number of aliphatic hydroxyl groups is 1. The molecule has 0 spiro atoms. The second kappa shape index (κ2) is 10.4. The fraction of sp³-hybridized carbons (Fsp3) is 0.458. The van der Waals surface area contributed by atoms with Gasteiger partial charge in [0, 0.05) is 13.1 Å². The monoisotopic (exact) mass is 444 g/mol. The van der Waals surface area contributed by atoms with Gasteiger partial charge in [0.25, 0.3) is 0 Å². The van der Waals surface area contributed by atoms with Crippen molar-refractivity contribution in [2.75, 3.05) is 13.1 Å². The highest BCUT2D eigenvalue weighted by Gasteiger charge is 2.34. The maximum atomic E-state index is 13.0. The second-order valence-electron chi connectivity index (χ2n) is 8.45. The van der Waals surface area contributed by atoms with E-state index in [4.69, 9.17) is 0 Å². The topological polar surface area (TPSA) is 86.7 Å². The van der Waals surface area contributed by atoms with Crippen molar-refractivity contribution in [3.63, 3.8) is 0 Å². The van der Waals surface area contributed by atoms with Crippen LogP contribution in [0.5, 0.6) is 0 Å². The molecule has 2 aromatic carbocycles. The molecule has 168 valence electrons. The molecule has 7 heteroatoms. The molecular formula is C24H32N2O4S. The van der Waals surface area contributed by atoms with Gasteiger partial charge >= 0.3 is 0 Å². The maximum absolute atomic E-state index is 13.0. The number of carbonyl (C=O) groups excluding carboxylic acids is 1. The average molecular weight is 445 g/mol. The summed E-state index contributed by atoms with van der Waals surface area (Å²) >= 11 is 0. The number of rotatable bonds is 8. The summed E-state index contributed by atoms with van der Waals surface area (Å²) in [6, 6.07) is 15.6. The molecule has 2 aromatic rings. The van der Waals surface area contributed by atoms with Gasteiger partial charge in [-0.05, 0) is 63.1 Å². The van der Waals surface area contributed by atoms with E-state index in [2.05, 4.69) is 16.9 Å². The van der Waals surface area contributed by atoms with Crippen LogP contribution in [0.25, 0.3) is 0 Å². The van der Waals surface area contributed by atoms with E-state index in [0.717, 1.165) is 31.2 Å². The van der Waals surface area contributed by atoms with Crippen molar-refractivity contribution in [1.82, 2.24) is 9.62 Å². The van der Waals surface area contributed by atoms with Crippen LogP contribution in [-0.2, 0) is 21.2 Å². The summed E-state index contributed by atoms with van der Waals surface area (Å²) in [5, 5.41) is 10.2. The number of aryl methyl sites for hydroxylation is 2. The summed E-state index contributed by atoms with van der Waals surface area (Å²) < 4.78 is 27.9. The molecule has 1 saturated heterocycles. The first-order valence-corrected chi connectivity index (χ1v) is 12.3. The number of aliphatic hydroxyl groups excluding tert-OH is 1. The Bertz CT molecular complexity index is 951. The fourth-order valence-electron chi connectivity index (χ4n) is 3.96. The molecule has 2 N–H and O–H groups in total. The minimum absolute atomic E-state index is 0.0798. The third kappa shape index (κ3) is 6.38. The Morgan fingerprint density at radius 3 is 2.29 bits per heavy atom. The highest BCUT2D eigenvalue weighted by molar-refractivity contribution is 7.89. The number of likely N-dealkylation sites (tertiary alicyclic amines) is 1. The third-order valence-corrected chi connectivity index (χ3v) is 7.43. The predicted octanol–water partition coefficient (Wildman–Crippen LogP) is 2.89. The number of hydrogen-bond acceptors (Lipinski definition) is 4. The molecule has 0 aliphatic carbocycles. The van der Waals surface area contributed by atoms with Crippen LogP contribution in [0.2, 0.25) is 0 Å². The Kier molecular flexibility index (Phi) is 7.86. The van der Waals surface area contributed by atoms with Gasteiger partial charge in [-0.25, -0.2) is 8.42 Å². The first-order valence-electron chi connectivity index (χ1n) is 10.9. The molecule has 0 aromatic heterocycles. The average Bonchev–Trinajstić information content (AvgIpc) is 2.77. The highest BCUT2D eigenvalue weighted by atomic mass is 32.2. The normalized spacial score (nSPS) is 17.3. The predicted molar refractivity (Wildman–Crippen MR) is 121 cm³/mol. The first kappa shape index (κ1) is 23.4. The van der Waals surface area contributed by atoms with Crippen molar-refractivity contribution in [3.05, 3.63) is 65.7 Å². The molecule has 6 nitrogen and oxygen atoms in total. The number of piperidine rings is 1. The van der Waals surface area contributed by atoms with E-state index in [1.54, 1.807) is 17.0 Å². The summed E-state index contributed by atoms with van der Waals surface area (Å²) in [5.74, 6) is 0.172. The van der Waals surface area contributed by atoms with Gasteiger partial charge in [-0.3, -0.25) is 4.79 Å². The van der Waals surface area contributed by atoms with E-state index in [1.807, 2.05) is 25.1 Å². The molecule has 1 amide bonds. The number of benzene rings is 2. The number of sulfonamides is 1. The lowest BCUT2D eigenvalue weighted by atomic mass is 9.90. The molecule has 0 bridgehead atoms. The van der Waals surface area contributed by atoms with Crippen LogP contribution in [0.3, 0.4) is 0 Å². The molecule has 0 radical (unpaired) electrons. The SMILES string of the molecule is Cc1ccc(S(=O)(=O)NC(C(=O)N2CCC(CCc3ccccc3)CC2)C(C)O)cc1. The summed E-state index contributed by atoms with van der Waals surface area (Å²) in [5.41, 5.74) is 2.26. The lowest BCUT2D eigenvalue weighted by molar-refractivity contribution is -0.136. The Morgan fingerprint density at radius 1 is 1.10 bits per heavy atom. The van der Waals surface area contributed by atoms with E-state index in [1.165, 1.54) is 24.6 Å². The zero-order chi connectivity index (χ0) is 22.4. The highest BCUT2D eigenvalue weighted by Crippen LogP contribution is 2.23. The molecule has 3 rings (SSSR count). The lowest BCUT2D eigenvalue weighted by Crippen LogP contribution is -2.55. The standard InChI is InChI=1S/C24H32N2O4S/c1-18-8-12-22(13-9-18)31(29,30)25-23(19(2)27)24(28)26-16-14-21(15-17-26)11-10-20-6-4-3-5-7-20/h3-9,12-13,19,21,23,25,27H,10-11,14-17H2,1-2H3. The van der Waals surface area contributed by atoms with Crippen molar-refractivity contribution in [1.29, 1.82) is 0 Å². The molecule has 1 aliphatic rings. The first-order chi connectivity index (χ1) is 14.8. The van der Waals surface area contributed by atoms with E-state index >= 15 is 0 Å².